The van der Waals surface area contributed by atoms with Gasteiger partial charge in [-0.25, -0.2) is 12.8 Å². The Morgan fingerprint density at radius 2 is 1.76 bits per heavy atom. The van der Waals surface area contributed by atoms with Gasteiger partial charge in [0.2, 0.25) is 10.0 Å². The molecule has 1 N–H and O–H groups in total. The molecule has 1 aliphatic rings. The lowest BCUT2D eigenvalue weighted by Gasteiger charge is -2.35. The summed E-state index contributed by atoms with van der Waals surface area (Å²) in [5.74, 6) is -1.03. The van der Waals surface area contributed by atoms with Crippen LogP contribution in [0.1, 0.15) is 10.4 Å². The first-order valence-electron chi connectivity index (χ1n) is 8.98. The van der Waals surface area contributed by atoms with Gasteiger partial charge in [-0.2, -0.15) is 4.31 Å². The van der Waals surface area contributed by atoms with E-state index in [0.717, 1.165) is 0 Å². The van der Waals surface area contributed by atoms with Crippen LogP contribution in [0.15, 0.2) is 42.5 Å². The van der Waals surface area contributed by atoms with Crippen molar-refractivity contribution in [3.63, 3.8) is 0 Å². The molecule has 2 aromatic rings. The van der Waals surface area contributed by atoms with Gasteiger partial charge in [-0.1, -0.05) is 35.3 Å². The van der Waals surface area contributed by atoms with Gasteiger partial charge >= 0.3 is 0 Å². The number of carbonyl (C=O) groups is 1. The molecule has 29 heavy (non-hydrogen) atoms. The standard InChI is InChI=1S/C19H20Cl2FN3O3S/c20-14-5-6-15(16(21)13-14)19(26)23-7-12-29(27,28)25-10-8-24(9-11-25)18-4-2-1-3-17(18)22/h1-6,13H,7-12H2,(H,23,26). The summed E-state index contributed by atoms with van der Waals surface area (Å²) < 4.78 is 40.4. The van der Waals surface area contributed by atoms with Crippen molar-refractivity contribution in [2.45, 2.75) is 0 Å². The van der Waals surface area contributed by atoms with Crippen molar-refractivity contribution >= 4 is 44.8 Å². The minimum atomic E-state index is -3.55. The predicted octanol–water partition coefficient (Wildman–Crippen LogP) is 3.01. The Labute approximate surface area is 179 Å². The maximum absolute atomic E-state index is 13.9. The van der Waals surface area contributed by atoms with Crippen molar-refractivity contribution < 1.29 is 17.6 Å². The first-order valence-corrected chi connectivity index (χ1v) is 11.3. The van der Waals surface area contributed by atoms with Crippen LogP contribution in [0.25, 0.3) is 0 Å². The van der Waals surface area contributed by atoms with Gasteiger partial charge in [-0.05, 0) is 30.3 Å². The van der Waals surface area contributed by atoms with Gasteiger partial charge in [0.05, 0.1) is 22.0 Å². The van der Waals surface area contributed by atoms with Crippen molar-refractivity contribution in [1.29, 1.82) is 0 Å². The number of para-hydroxylation sites is 1. The molecule has 0 atom stereocenters. The number of anilines is 1. The second kappa shape index (κ2) is 9.30. The first kappa shape index (κ1) is 21.8. The predicted molar refractivity (Wildman–Crippen MR) is 113 cm³/mol. The number of halogens is 3. The minimum Gasteiger partial charge on any atom is -0.367 e. The molecular formula is C19H20Cl2FN3O3S. The number of amides is 1. The Kier molecular flexibility index (Phi) is 7.00. The lowest BCUT2D eigenvalue weighted by molar-refractivity contribution is 0.0956. The van der Waals surface area contributed by atoms with Crippen molar-refractivity contribution in [3.05, 3.63) is 63.9 Å². The summed E-state index contributed by atoms with van der Waals surface area (Å²) in [5.41, 5.74) is 0.698. The molecule has 10 heteroatoms. The van der Waals surface area contributed by atoms with E-state index in [1.54, 1.807) is 18.2 Å². The summed E-state index contributed by atoms with van der Waals surface area (Å²) in [5, 5.41) is 3.17. The van der Waals surface area contributed by atoms with E-state index in [9.17, 15) is 17.6 Å². The highest BCUT2D eigenvalue weighted by molar-refractivity contribution is 7.89. The van der Waals surface area contributed by atoms with E-state index >= 15 is 0 Å². The van der Waals surface area contributed by atoms with Crippen molar-refractivity contribution in [3.8, 4) is 0 Å². The molecule has 0 bridgehead atoms. The Balaban J connectivity index is 1.51. The van der Waals surface area contributed by atoms with Crippen LogP contribution in [-0.4, -0.2) is 57.1 Å². The van der Waals surface area contributed by atoms with Crippen LogP contribution in [0, 0.1) is 5.82 Å². The summed E-state index contributed by atoms with van der Waals surface area (Å²) in [7, 11) is -3.55. The Morgan fingerprint density at radius 1 is 1.07 bits per heavy atom. The summed E-state index contributed by atoms with van der Waals surface area (Å²) in [6, 6.07) is 10.9. The summed E-state index contributed by atoms with van der Waals surface area (Å²) in [6.07, 6.45) is 0. The SMILES string of the molecule is O=C(NCCS(=O)(=O)N1CCN(c2ccccc2F)CC1)c1ccc(Cl)cc1Cl. The first-order chi connectivity index (χ1) is 13.8. The number of carbonyl (C=O) groups excluding carboxylic acids is 1. The number of nitrogens with one attached hydrogen (secondary N) is 1. The van der Waals surface area contributed by atoms with Crippen molar-refractivity contribution in [1.82, 2.24) is 9.62 Å². The van der Waals surface area contributed by atoms with Gasteiger partial charge in [0, 0.05) is 37.7 Å². The van der Waals surface area contributed by atoms with Gasteiger partial charge in [0.15, 0.2) is 0 Å². The average Bonchev–Trinajstić information content (AvgIpc) is 2.68. The van der Waals surface area contributed by atoms with E-state index in [1.807, 2.05) is 4.90 Å². The largest absolute Gasteiger partial charge is 0.367 e. The topological polar surface area (TPSA) is 69.7 Å². The highest BCUT2D eigenvalue weighted by Gasteiger charge is 2.27. The fraction of sp³-hybridized carbons (Fsp3) is 0.316. The molecule has 0 saturated carbocycles. The number of benzene rings is 2. The van der Waals surface area contributed by atoms with E-state index in [2.05, 4.69) is 5.32 Å². The highest BCUT2D eigenvalue weighted by Crippen LogP contribution is 2.22. The van der Waals surface area contributed by atoms with Crippen molar-refractivity contribution in [2.75, 3.05) is 43.4 Å². The third-order valence-corrected chi connectivity index (χ3v) is 7.07. The number of sulfonamides is 1. The molecule has 156 valence electrons. The van der Waals surface area contributed by atoms with Gasteiger partial charge in [-0.15, -0.1) is 0 Å². The molecule has 0 spiro atoms. The van der Waals surface area contributed by atoms with Crippen molar-refractivity contribution in [2.24, 2.45) is 0 Å². The lowest BCUT2D eigenvalue weighted by Crippen LogP contribution is -2.50. The zero-order valence-corrected chi connectivity index (χ0v) is 17.8. The number of nitrogens with zero attached hydrogens (tertiary/aromatic N) is 2. The zero-order valence-electron chi connectivity index (χ0n) is 15.4. The number of rotatable bonds is 6. The summed E-state index contributed by atoms with van der Waals surface area (Å²) >= 11 is 11.8. The van der Waals surface area contributed by atoms with E-state index in [0.29, 0.717) is 23.8 Å². The molecule has 0 radical (unpaired) electrons. The Morgan fingerprint density at radius 3 is 2.41 bits per heavy atom. The maximum Gasteiger partial charge on any atom is 0.252 e. The lowest BCUT2D eigenvalue weighted by atomic mass is 10.2. The molecule has 6 nitrogen and oxygen atoms in total. The van der Waals surface area contributed by atoms with E-state index in [4.69, 9.17) is 23.2 Å². The molecule has 1 fully saturated rings. The maximum atomic E-state index is 13.9. The van der Waals surface area contributed by atoms with Crippen LogP contribution in [-0.2, 0) is 10.0 Å². The van der Waals surface area contributed by atoms with E-state index in [1.165, 1.54) is 28.6 Å². The van der Waals surface area contributed by atoms with Crippen LogP contribution in [0.3, 0.4) is 0 Å². The highest BCUT2D eigenvalue weighted by atomic mass is 35.5. The second-order valence-corrected chi connectivity index (χ2v) is 9.47. The second-order valence-electron chi connectivity index (χ2n) is 6.53. The van der Waals surface area contributed by atoms with Gasteiger partial charge < -0.3 is 10.2 Å². The Bertz CT molecular complexity index is 996. The molecule has 1 saturated heterocycles. The smallest absolute Gasteiger partial charge is 0.252 e. The summed E-state index contributed by atoms with van der Waals surface area (Å²) in [6.45, 7) is 1.26. The normalized spacial score (nSPS) is 15.3. The molecular weight excluding hydrogens is 440 g/mol. The zero-order chi connectivity index (χ0) is 21.0. The molecule has 1 heterocycles. The van der Waals surface area contributed by atoms with Crippen LogP contribution in [0.5, 0.6) is 0 Å². The van der Waals surface area contributed by atoms with Gasteiger partial charge in [0.25, 0.3) is 5.91 Å². The fourth-order valence-electron chi connectivity index (χ4n) is 3.11. The van der Waals surface area contributed by atoms with Crippen LogP contribution in [0.4, 0.5) is 10.1 Å². The molecule has 3 rings (SSSR count). The quantitative estimate of drug-likeness (QED) is 0.720. The van der Waals surface area contributed by atoms with E-state index < -0.39 is 15.9 Å². The molecule has 0 aromatic heterocycles. The minimum absolute atomic E-state index is 0.0480. The molecule has 0 unspecified atom stereocenters. The number of piperazine rings is 1. The average molecular weight is 460 g/mol. The third-order valence-electron chi connectivity index (χ3n) is 4.65. The Hall–Kier alpha value is -1.87. The van der Waals surface area contributed by atoms with Crippen LogP contribution in [0.2, 0.25) is 10.0 Å². The molecule has 2 aromatic carbocycles. The fourth-order valence-corrected chi connectivity index (χ4v) is 4.94. The molecule has 1 aliphatic heterocycles. The summed E-state index contributed by atoms with van der Waals surface area (Å²) in [4.78, 5) is 14.0. The van der Waals surface area contributed by atoms with E-state index in [-0.39, 0.29) is 41.8 Å². The third kappa shape index (κ3) is 5.39. The van der Waals surface area contributed by atoms with Gasteiger partial charge in [0.1, 0.15) is 5.82 Å². The number of hydrogen-bond donors (Lipinski definition) is 1. The monoisotopic (exact) mass is 459 g/mol. The molecule has 1 amide bonds. The van der Waals surface area contributed by atoms with Gasteiger partial charge in [-0.3, -0.25) is 4.79 Å². The van der Waals surface area contributed by atoms with Crippen LogP contribution < -0.4 is 10.2 Å². The molecule has 0 aliphatic carbocycles. The van der Waals surface area contributed by atoms with Crippen LogP contribution >= 0.6 is 23.2 Å². The number of hydrogen-bond acceptors (Lipinski definition) is 4.